The molecule has 2 rings (SSSR count). The van der Waals surface area contributed by atoms with Gasteiger partial charge in [0.05, 0.1) is 32.0 Å². The summed E-state index contributed by atoms with van der Waals surface area (Å²) in [5.74, 6) is -0.199. The van der Waals surface area contributed by atoms with Crippen LogP contribution in [0.3, 0.4) is 0 Å². The van der Waals surface area contributed by atoms with E-state index in [1.54, 1.807) is 0 Å². The molecule has 12 atom stereocenters. The van der Waals surface area contributed by atoms with Gasteiger partial charge in [-0.3, -0.25) is 4.79 Å². The molecule has 0 radical (unpaired) electrons. The van der Waals surface area contributed by atoms with E-state index in [1.807, 2.05) is 0 Å². The standard InChI is InChI=1S/C71H139NO13/c1-3-5-7-9-11-13-15-16-17-18-19-20-21-22-23-24-25-26-27-28-29-30-31-32-33-34-35-36-37-38-39-40-41-42-43-45-47-49-51-53-55-63(76)72-59(60(75)54-52-50-48-46-44-14-12-10-8-6-4-2)58-82-70-68(81)66(79)69(62(57-74)84-70)85-71-67(80)65(78)64(77)61(56-73)83-71/h59-62,64-71,73-75,77-81H,3-58H2,1-2H3,(H,72,76). The van der Waals surface area contributed by atoms with Crippen molar-refractivity contribution in [3.05, 3.63) is 0 Å². The van der Waals surface area contributed by atoms with Crippen LogP contribution in [0.2, 0.25) is 0 Å². The number of amides is 1. The first-order valence-electron chi connectivity index (χ1n) is 36.8. The predicted molar refractivity (Wildman–Crippen MR) is 346 cm³/mol. The lowest BCUT2D eigenvalue weighted by atomic mass is 9.97. The van der Waals surface area contributed by atoms with Crippen molar-refractivity contribution in [3.63, 3.8) is 0 Å². The van der Waals surface area contributed by atoms with Crippen molar-refractivity contribution in [3.8, 4) is 0 Å². The Bertz CT molecular complexity index is 1430. The molecule has 0 spiro atoms. The first-order chi connectivity index (χ1) is 41.6. The number of nitrogens with one attached hydrogen (secondary N) is 1. The molecule has 0 bridgehead atoms. The van der Waals surface area contributed by atoms with Crippen LogP contribution in [-0.2, 0) is 23.7 Å². The van der Waals surface area contributed by atoms with E-state index in [1.165, 1.54) is 276 Å². The fourth-order valence-corrected chi connectivity index (χ4v) is 12.7. The molecule has 85 heavy (non-hydrogen) atoms. The van der Waals surface area contributed by atoms with Crippen molar-refractivity contribution in [1.82, 2.24) is 5.32 Å². The Morgan fingerprint density at radius 2 is 0.671 bits per heavy atom. The molecule has 0 aliphatic carbocycles. The van der Waals surface area contributed by atoms with Crippen LogP contribution >= 0.6 is 0 Å². The third-order valence-corrected chi connectivity index (χ3v) is 18.6. The van der Waals surface area contributed by atoms with E-state index in [0.29, 0.717) is 12.8 Å². The second kappa shape index (κ2) is 56.9. The minimum atomic E-state index is -1.78. The maximum absolute atomic E-state index is 13.3. The second-order valence-corrected chi connectivity index (χ2v) is 26.4. The van der Waals surface area contributed by atoms with E-state index in [0.717, 1.165) is 51.4 Å². The Morgan fingerprint density at radius 3 is 1.00 bits per heavy atom. The number of unbranched alkanes of at least 4 members (excludes halogenated alkanes) is 49. The lowest BCUT2D eigenvalue weighted by molar-refractivity contribution is -0.359. The summed E-state index contributed by atoms with van der Waals surface area (Å²) >= 11 is 0. The van der Waals surface area contributed by atoms with Crippen LogP contribution in [0.5, 0.6) is 0 Å². The monoisotopic (exact) mass is 1210 g/mol. The molecule has 2 aliphatic rings. The van der Waals surface area contributed by atoms with Gasteiger partial charge in [0, 0.05) is 6.42 Å². The Morgan fingerprint density at radius 1 is 0.376 bits per heavy atom. The number of carbonyl (C=O) groups excluding carboxylic acids is 1. The Kier molecular flexibility index (Phi) is 53.6. The van der Waals surface area contributed by atoms with E-state index in [2.05, 4.69) is 19.2 Å². The van der Waals surface area contributed by atoms with Crippen LogP contribution in [0.25, 0.3) is 0 Å². The SMILES string of the molecule is CCCCCCCCCCCCCCCCCCCCCCCCCCCCCCCCCCCCCCCCCCC(=O)NC(COC1OC(CO)C(OC2OC(CO)C(O)C(O)C2O)C(O)C1O)C(O)CCCCCCCCCCCCC. The third-order valence-electron chi connectivity index (χ3n) is 18.6. The van der Waals surface area contributed by atoms with Gasteiger partial charge in [0.25, 0.3) is 0 Å². The molecule has 0 saturated carbocycles. The van der Waals surface area contributed by atoms with Gasteiger partial charge in [-0.25, -0.2) is 0 Å². The normalized spacial score (nSPS) is 23.4. The quantitative estimate of drug-likeness (QED) is 0.0259. The summed E-state index contributed by atoms with van der Waals surface area (Å²) in [5, 5.41) is 87.3. The van der Waals surface area contributed by atoms with E-state index in [-0.39, 0.29) is 12.5 Å². The van der Waals surface area contributed by atoms with Crippen LogP contribution in [-0.4, -0.2) is 140 Å². The molecule has 2 saturated heterocycles. The highest BCUT2D eigenvalue weighted by molar-refractivity contribution is 5.76. The van der Waals surface area contributed by atoms with Gasteiger partial charge >= 0.3 is 0 Å². The molecular weight excluding hydrogens is 1070 g/mol. The number of aliphatic hydroxyl groups is 8. The molecule has 1 amide bonds. The molecular formula is C71H139NO13. The lowest BCUT2D eigenvalue weighted by Gasteiger charge is -2.46. The number of ether oxygens (including phenoxy) is 4. The zero-order valence-electron chi connectivity index (χ0n) is 55.1. The van der Waals surface area contributed by atoms with Gasteiger partial charge in [0.2, 0.25) is 5.91 Å². The van der Waals surface area contributed by atoms with Gasteiger partial charge in [0.15, 0.2) is 12.6 Å². The van der Waals surface area contributed by atoms with Gasteiger partial charge in [-0.2, -0.15) is 0 Å². The molecule has 2 heterocycles. The largest absolute Gasteiger partial charge is 0.394 e. The molecule has 0 aromatic heterocycles. The maximum Gasteiger partial charge on any atom is 0.220 e. The smallest absolute Gasteiger partial charge is 0.220 e. The summed E-state index contributed by atoms with van der Waals surface area (Å²) in [6.45, 7) is 2.89. The lowest BCUT2D eigenvalue weighted by Crippen LogP contribution is -2.65. The van der Waals surface area contributed by atoms with Crippen LogP contribution in [0.1, 0.15) is 354 Å². The maximum atomic E-state index is 13.3. The van der Waals surface area contributed by atoms with E-state index >= 15 is 0 Å². The molecule has 9 N–H and O–H groups in total. The van der Waals surface area contributed by atoms with Crippen LogP contribution in [0, 0.1) is 0 Å². The molecule has 2 aliphatic heterocycles. The Hall–Kier alpha value is -1.01. The first-order valence-corrected chi connectivity index (χ1v) is 36.8. The molecule has 14 heteroatoms. The molecule has 506 valence electrons. The average Bonchev–Trinajstić information content (AvgIpc) is 3.44. The van der Waals surface area contributed by atoms with Crippen LogP contribution in [0.15, 0.2) is 0 Å². The van der Waals surface area contributed by atoms with E-state index in [4.69, 9.17) is 18.9 Å². The minimum absolute atomic E-state index is 0.199. The molecule has 0 aromatic rings. The first kappa shape index (κ1) is 80.1. The molecule has 14 nitrogen and oxygen atoms in total. The third kappa shape index (κ3) is 41.2. The summed E-state index contributed by atoms with van der Waals surface area (Å²) in [7, 11) is 0. The average molecular weight is 1210 g/mol. The number of carbonyl (C=O) groups is 1. The number of rotatable bonds is 62. The van der Waals surface area contributed by atoms with Gasteiger partial charge in [0.1, 0.15) is 48.8 Å². The zero-order chi connectivity index (χ0) is 61.6. The van der Waals surface area contributed by atoms with Gasteiger partial charge in [-0.15, -0.1) is 0 Å². The van der Waals surface area contributed by atoms with Crippen molar-refractivity contribution in [2.45, 2.75) is 428 Å². The topological polar surface area (TPSA) is 228 Å². The van der Waals surface area contributed by atoms with Crippen molar-refractivity contribution < 1.29 is 64.6 Å². The number of hydrogen-bond donors (Lipinski definition) is 9. The highest BCUT2D eigenvalue weighted by Crippen LogP contribution is 2.30. The van der Waals surface area contributed by atoms with Crippen molar-refractivity contribution in [1.29, 1.82) is 0 Å². The van der Waals surface area contributed by atoms with Gasteiger partial charge < -0.3 is 65.1 Å². The Balaban J connectivity index is 1.49. The summed E-state index contributed by atoms with van der Waals surface area (Å²) < 4.78 is 22.9. The fraction of sp³-hybridized carbons (Fsp3) is 0.986. The van der Waals surface area contributed by atoms with Crippen molar-refractivity contribution in [2.75, 3.05) is 19.8 Å². The van der Waals surface area contributed by atoms with E-state index < -0.39 is 86.8 Å². The van der Waals surface area contributed by atoms with Gasteiger partial charge in [-0.05, 0) is 12.8 Å². The fourth-order valence-electron chi connectivity index (χ4n) is 12.7. The highest BCUT2D eigenvalue weighted by atomic mass is 16.7. The van der Waals surface area contributed by atoms with Crippen molar-refractivity contribution >= 4 is 5.91 Å². The van der Waals surface area contributed by atoms with Crippen LogP contribution < -0.4 is 5.32 Å². The van der Waals surface area contributed by atoms with Crippen molar-refractivity contribution in [2.24, 2.45) is 0 Å². The molecule has 0 aromatic carbocycles. The van der Waals surface area contributed by atoms with E-state index in [9.17, 15) is 45.6 Å². The molecule has 12 unspecified atom stereocenters. The zero-order valence-corrected chi connectivity index (χ0v) is 55.1. The highest BCUT2D eigenvalue weighted by Gasteiger charge is 2.51. The summed E-state index contributed by atoms with van der Waals surface area (Å²) in [5.41, 5.74) is 0. The Labute approximate surface area is 521 Å². The van der Waals surface area contributed by atoms with Crippen LogP contribution in [0.4, 0.5) is 0 Å². The number of hydrogen-bond acceptors (Lipinski definition) is 13. The predicted octanol–water partition coefficient (Wildman–Crippen LogP) is 15.2. The minimum Gasteiger partial charge on any atom is -0.394 e. The molecule has 2 fully saturated rings. The van der Waals surface area contributed by atoms with Gasteiger partial charge in [-0.1, -0.05) is 335 Å². The number of aliphatic hydroxyl groups excluding tert-OH is 8. The summed E-state index contributed by atoms with van der Waals surface area (Å²) in [6, 6.07) is -0.822. The summed E-state index contributed by atoms with van der Waals surface area (Å²) in [4.78, 5) is 13.3. The summed E-state index contributed by atoms with van der Waals surface area (Å²) in [6.07, 6.45) is 51.9. The second-order valence-electron chi connectivity index (χ2n) is 26.4.